The third-order valence-electron chi connectivity index (χ3n) is 7.84. The average molecular weight is 513 g/mol. The highest BCUT2D eigenvalue weighted by Crippen LogP contribution is 2.67. The molecule has 0 saturated carbocycles. The number of ether oxygens (including phenoxy) is 1. The molecule has 0 radical (unpaired) electrons. The molecule has 1 aromatic rings. The molecule has 1 N–H and O–H groups in total. The Balaban J connectivity index is 1.78. The number of hydrogen-bond acceptors (Lipinski definition) is 6. The van der Waals surface area contributed by atoms with Crippen molar-refractivity contribution < 1.29 is 24.2 Å². The summed E-state index contributed by atoms with van der Waals surface area (Å²) in [6.07, 6.45) is 5.32. The SMILES string of the molecule is C=CCCOC(=O)[C@@H]1[C@@H]2CCC3(S2)C(C(=O)N(CC=C)c2c(C)cccc2C)N([C@H](C)CO)C(=O)[C@H]13. The maximum absolute atomic E-state index is 14.5. The van der Waals surface area contributed by atoms with Crippen LogP contribution in [0.15, 0.2) is 43.5 Å². The zero-order valence-electron chi connectivity index (χ0n) is 21.3. The van der Waals surface area contributed by atoms with E-state index in [2.05, 4.69) is 13.2 Å². The van der Waals surface area contributed by atoms with Crippen molar-refractivity contribution in [1.29, 1.82) is 0 Å². The van der Waals surface area contributed by atoms with Crippen LogP contribution >= 0.6 is 11.8 Å². The van der Waals surface area contributed by atoms with Crippen LogP contribution in [-0.2, 0) is 19.1 Å². The van der Waals surface area contributed by atoms with E-state index in [1.165, 1.54) is 0 Å². The number of benzene rings is 1. The summed E-state index contributed by atoms with van der Waals surface area (Å²) in [4.78, 5) is 44.9. The van der Waals surface area contributed by atoms with Gasteiger partial charge in [0.2, 0.25) is 5.91 Å². The molecule has 36 heavy (non-hydrogen) atoms. The van der Waals surface area contributed by atoms with Gasteiger partial charge in [-0.3, -0.25) is 14.4 Å². The summed E-state index contributed by atoms with van der Waals surface area (Å²) in [5, 5.41) is 10.0. The highest BCUT2D eigenvalue weighted by Gasteiger charge is 2.74. The molecule has 3 fully saturated rings. The lowest BCUT2D eigenvalue weighted by atomic mass is 9.71. The summed E-state index contributed by atoms with van der Waals surface area (Å²) in [6, 6.07) is 4.53. The standard InChI is InChI=1S/C28H36N2O5S/c1-6-8-15-35-27(34)21-20-12-13-28(36-20)22(21)25(32)30(19(5)16-31)24(28)26(33)29(14-7-2)23-17(3)10-9-11-18(23)4/h6-7,9-11,19-22,24,31H,1-2,8,12-16H2,3-5H3/t19-,20+,21-,22+,24?,28?/m1/s1. The molecule has 0 aliphatic carbocycles. The van der Waals surface area contributed by atoms with E-state index in [4.69, 9.17) is 4.74 Å². The van der Waals surface area contributed by atoms with Crippen molar-refractivity contribution in [2.45, 2.75) is 62.1 Å². The van der Waals surface area contributed by atoms with E-state index >= 15 is 0 Å². The van der Waals surface area contributed by atoms with Crippen molar-refractivity contribution >= 4 is 35.2 Å². The van der Waals surface area contributed by atoms with Gasteiger partial charge in [0.15, 0.2) is 0 Å². The number of hydrogen-bond donors (Lipinski definition) is 1. The number of thioether (sulfide) groups is 1. The van der Waals surface area contributed by atoms with Gasteiger partial charge in [-0.2, -0.15) is 0 Å². The third-order valence-corrected chi connectivity index (χ3v) is 9.79. The molecule has 8 heteroatoms. The molecule has 3 saturated heterocycles. The number of carbonyl (C=O) groups is 3. The number of nitrogens with zero attached hydrogens (tertiary/aromatic N) is 2. The number of esters is 1. The molecular formula is C28H36N2O5S. The number of rotatable bonds is 10. The molecule has 1 spiro atoms. The number of fused-ring (bicyclic) bond motifs is 1. The Morgan fingerprint density at radius 1 is 1.31 bits per heavy atom. The van der Waals surface area contributed by atoms with E-state index in [-0.39, 0.29) is 36.2 Å². The lowest BCUT2D eigenvalue weighted by Gasteiger charge is -2.39. The summed E-state index contributed by atoms with van der Waals surface area (Å²) in [7, 11) is 0. The fourth-order valence-corrected chi connectivity index (χ4v) is 8.53. The van der Waals surface area contributed by atoms with E-state index in [1.54, 1.807) is 40.6 Å². The monoisotopic (exact) mass is 512 g/mol. The summed E-state index contributed by atoms with van der Waals surface area (Å²) in [5.41, 5.74) is 2.72. The number of likely N-dealkylation sites (tertiary alicyclic amines) is 1. The van der Waals surface area contributed by atoms with Gasteiger partial charge in [-0.15, -0.1) is 24.9 Å². The van der Waals surface area contributed by atoms with Gasteiger partial charge in [0.1, 0.15) is 6.04 Å². The number of aryl methyl sites for hydroxylation is 2. The van der Waals surface area contributed by atoms with Crippen LogP contribution in [0.3, 0.4) is 0 Å². The van der Waals surface area contributed by atoms with Crippen molar-refractivity contribution in [2.75, 3.05) is 24.7 Å². The van der Waals surface area contributed by atoms with Crippen LogP contribution < -0.4 is 4.90 Å². The number of amides is 2. The summed E-state index contributed by atoms with van der Waals surface area (Å²) >= 11 is 1.60. The highest BCUT2D eigenvalue weighted by atomic mass is 32.2. The fourth-order valence-electron chi connectivity index (χ4n) is 6.34. The quantitative estimate of drug-likeness (QED) is 0.294. The molecule has 2 unspecified atom stereocenters. The molecule has 6 atom stereocenters. The summed E-state index contributed by atoms with van der Waals surface area (Å²) in [6.45, 7) is 13.5. The van der Waals surface area contributed by atoms with E-state index in [9.17, 15) is 19.5 Å². The molecule has 0 aromatic heterocycles. The smallest absolute Gasteiger partial charge is 0.310 e. The fraction of sp³-hybridized carbons (Fsp3) is 0.536. The lowest BCUT2D eigenvalue weighted by molar-refractivity contribution is -0.154. The minimum absolute atomic E-state index is 0.0647. The summed E-state index contributed by atoms with van der Waals surface area (Å²) < 4.78 is 4.79. The Morgan fingerprint density at radius 3 is 2.61 bits per heavy atom. The Hall–Kier alpha value is -2.58. The van der Waals surface area contributed by atoms with E-state index in [1.807, 2.05) is 32.0 Å². The van der Waals surface area contributed by atoms with Gasteiger partial charge in [-0.05, 0) is 51.2 Å². The van der Waals surface area contributed by atoms with Gasteiger partial charge in [0.25, 0.3) is 5.91 Å². The van der Waals surface area contributed by atoms with Gasteiger partial charge in [-0.25, -0.2) is 0 Å². The first kappa shape index (κ1) is 26.5. The van der Waals surface area contributed by atoms with Crippen LogP contribution in [0.2, 0.25) is 0 Å². The number of para-hydroxylation sites is 1. The predicted octanol–water partition coefficient (Wildman–Crippen LogP) is 3.41. The first-order valence-corrected chi connectivity index (χ1v) is 13.5. The van der Waals surface area contributed by atoms with Crippen LogP contribution in [0.5, 0.6) is 0 Å². The minimum atomic E-state index is -0.794. The Kier molecular flexibility index (Phi) is 7.67. The zero-order valence-corrected chi connectivity index (χ0v) is 22.1. The number of aliphatic hydroxyl groups is 1. The van der Waals surface area contributed by atoms with Gasteiger partial charge in [0, 0.05) is 17.5 Å². The second-order valence-corrected chi connectivity index (χ2v) is 11.7. The van der Waals surface area contributed by atoms with Gasteiger partial charge >= 0.3 is 5.97 Å². The van der Waals surface area contributed by atoms with Crippen LogP contribution in [0.25, 0.3) is 0 Å². The molecule has 3 heterocycles. The van der Waals surface area contributed by atoms with Gasteiger partial charge in [0.05, 0.1) is 35.8 Å². The number of anilines is 1. The van der Waals surface area contributed by atoms with Crippen LogP contribution in [0.1, 0.15) is 37.3 Å². The van der Waals surface area contributed by atoms with Crippen LogP contribution in [0.4, 0.5) is 5.69 Å². The Labute approximate surface area is 217 Å². The molecule has 2 amide bonds. The van der Waals surface area contributed by atoms with Crippen molar-refractivity contribution in [3.05, 3.63) is 54.6 Å². The van der Waals surface area contributed by atoms with E-state index < -0.39 is 28.7 Å². The van der Waals surface area contributed by atoms with Crippen molar-refractivity contribution in [3.63, 3.8) is 0 Å². The van der Waals surface area contributed by atoms with Crippen LogP contribution in [-0.4, -0.2) is 69.6 Å². The molecule has 4 rings (SSSR count). The summed E-state index contributed by atoms with van der Waals surface area (Å²) in [5.74, 6) is -2.06. The highest BCUT2D eigenvalue weighted by molar-refractivity contribution is 8.02. The van der Waals surface area contributed by atoms with Crippen molar-refractivity contribution in [1.82, 2.24) is 4.90 Å². The topological polar surface area (TPSA) is 87.2 Å². The molecular weight excluding hydrogens is 476 g/mol. The van der Waals surface area contributed by atoms with Gasteiger partial charge < -0.3 is 19.6 Å². The molecule has 3 aliphatic rings. The zero-order chi connectivity index (χ0) is 26.2. The average Bonchev–Trinajstić information content (AvgIpc) is 3.50. The molecule has 2 bridgehead atoms. The van der Waals surface area contributed by atoms with Crippen LogP contribution in [0, 0.1) is 25.7 Å². The molecule has 194 valence electrons. The normalized spacial score (nSPS) is 29.1. The molecule has 3 aliphatic heterocycles. The second-order valence-electron chi connectivity index (χ2n) is 10.1. The molecule has 1 aromatic carbocycles. The lowest BCUT2D eigenvalue weighted by Crippen LogP contribution is -2.57. The second kappa shape index (κ2) is 10.4. The predicted molar refractivity (Wildman–Crippen MR) is 142 cm³/mol. The van der Waals surface area contributed by atoms with E-state index in [0.29, 0.717) is 19.4 Å². The number of carbonyl (C=O) groups excluding carboxylic acids is 3. The van der Waals surface area contributed by atoms with Crippen molar-refractivity contribution in [3.8, 4) is 0 Å². The minimum Gasteiger partial charge on any atom is -0.465 e. The van der Waals surface area contributed by atoms with Gasteiger partial charge in [-0.1, -0.05) is 30.4 Å². The number of aliphatic hydroxyl groups excluding tert-OH is 1. The maximum atomic E-state index is 14.5. The Bertz CT molecular complexity index is 1050. The largest absolute Gasteiger partial charge is 0.465 e. The molecule has 7 nitrogen and oxygen atoms in total. The Morgan fingerprint density at radius 2 is 2.00 bits per heavy atom. The maximum Gasteiger partial charge on any atom is 0.310 e. The third kappa shape index (κ3) is 4.08. The first-order chi connectivity index (χ1) is 17.2. The first-order valence-electron chi connectivity index (χ1n) is 12.6. The van der Waals surface area contributed by atoms with E-state index in [0.717, 1.165) is 23.2 Å². The van der Waals surface area contributed by atoms with Crippen molar-refractivity contribution in [2.24, 2.45) is 11.8 Å².